The number of carboxylic acids is 1. The Kier molecular flexibility index (Phi) is 11.6. The molecule has 11 heteroatoms. The summed E-state index contributed by atoms with van der Waals surface area (Å²) in [7, 11) is 0. The van der Waals surface area contributed by atoms with Crippen LogP contribution in [0.4, 0.5) is 0 Å². The summed E-state index contributed by atoms with van der Waals surface area (Å²) in [6.45, 7) is 3.14. The number of benzene rings is 1. The summed E-state index contributed by atoms with van der Waals surface area (Å²) in [5.74, 6) is -3.82. The molecule has 11 nitrogen and oxygen atoms in total. The van der Waals surface area contributed by atoms with E-state index in [1.165, 1.54) is 0 Å². The first-order valence-corrected chi connectivity index (χ1v) is 10.7. The number of primary amides is 1. The Morgan fingerprint density at radius 3 is 2.15 bits per heavy atom. The number of nitrogens with one attached hydrogen (secondary N) is 3. The average Bonchev–Trinajstić information content (AvgIpc) is 2.74. The van der Waals surface area contributed by atoms with Crippen molar-refractivity contribution in [2.75, 3.05) is 6.54 Å². The lowest BCUT2D eigenvalue weighted by atomic mass is 10.0. The first kappa shape index (κ1) is 27.6. The molecule has 0 spiro atoms. The number of carbonyl (C=O) groups excluding carboxylic acids is 4. The van der Waals surface area contributed by atoms with E-state index < -0.39 is 54.3 Å². The van der Waals surface area contributed by atoms with Crippen LogP contribution in [-0.4, -0.2) is 59.4 Å². The van der Waals surface area contributed by atoms with Crippen molar-refractivity contribution in [3.05, 3.63) is 35.9 Å². The van der Waals surface area contributed by atoms with Crippen LogP contribution in [0.1, 0.15) is 38.7 Å². The molecule has 1 aromatic rings. The third-order valence-electron chi connectivity index (χ3n) is 4.71. The van der Waals surface area contributed by atoms with Gasteiger partial charge in [-0.25, -0.2) is 4.79 Å². The molecule has 0 bridgehead atoms. The summed E-state index contributed by atoms with van der Waals surface area (Å²) in [6, 6.07) is 5.90. The van der Waals surface area contributed by atoms with Gasteiger partial charge in [0.25, 0.3) is 0 Å². The van der Waals surface area contributed by atoms with Crippen LogP contribution in [0.3, 0.4) is 0 Å². The second-order valence-electron chi connectivity index (χ2n) is 8.17. The maximum atomic E-state index is 12.6. The smallest absolute Gasteiger partial charge is 0.326 e. The Morgan fingerprint density at radius 1 is 0.970 bits per heavy atom. The van der Waals surface area contributed by atoms with Gasteiger partial charge in [0.1, 0.15) is 12.1 Å². The van der Waals surface area contributed by atoms with Crippen molar-refractivity contribution < 1.29 is 29.1 Å². The molecule has 33 heavy (non-hydrogen) atoms. The normalized spacial score (nSPS) is 13.5. The van der Waals surface area contributed by atoms with Gasteiger partial charge in [0, 0.05) is 6.42 Å². The first-order chi connectivity index (χ1) is 15.5. The van der Waals surface area contributed by atoms with E-state index in [-0.39, 0.29) is 31.6 Å². The van der Waals surface area contributed by atoms with Gasteiger partial charge in [-0.2, -0.15) is 0 Å². The number of carboxylic acid groups (broad SMARTS) is 1. The largest absolute Gasteiger partial charge is 0.480 e. The van der Waals surface area contributed by atoms with E-state index in [2.05, 4.69) is 16.0 Å². The predicted molar refractivity (Wildman–Crippen MR) is 121 cm³/mol. The Balaban J connectivity index is 2.69. The Morgan fingerprint density at radius 2 is 1.61 bits per heavy atom. The SMILES string of the molecule is CC(C)CC(NC(=O)CNC(=O)C(CCC(N)=O)NC(=O)C(N)Cc1ccccc1)C(=O)O. The summed E-state index contributed by atoms with van der Waals surface area (Å²) in [4.78, 5) is 59.6. The van der Waals surface area contributed by atoms with Crippen LogP contribution in [0.5, 0.6) is 0 Å². The van der Waals surface area contributed by atoms with Crippen LogP contribution in [0.2, 0.25) is 0 Å². The minimum absolute atomic E-state index is 0.0366. The molecule has 1 rings (SSSR count). The van der Waals surface area contributed by atoms with Gasteiger partial charge >= 0.3 is 5.97 Å². The molecule has 1 aromatic carbocycles. The number of nitrogens with two attached hydrogens (primary N) is 2. The topological polar surface area (TPSA) is 194 Å². The summed E-state index contributed by atoms with van der Waals surface area (Å²) < 4.78 is 0. The van der Waals surface area contributed by atoms with Gasteiger partial charge < -0.3 is 32.5 Å². The molecule has 0 saturated heterocycles. The lowest BCUT2D eigenvalue weighted by molar-refractivity contribution is -0.142. The number of rotatable bonds is 14. The van der Waals surface area contributed by atoms with Gasteiger partial charge in [-0.1, -0.05) is 44.2 Å². The number of hydrogen-bond acceptors (Lipinski definition) is 6. The predicted octanol–water partition coefficient (Wildman–Crippen LogP) is -0.962. The van der Waals surface area contributed by atoms with Gasteiger partial charge in [0.15, 0.2) is 0 Å². The quantitative estimate of drug-likeness (QED) is 0.204. The van der Waals surface area contributed by atoms with Crippen molar-refractivity contribution in [1.82, 2.24) is 16.0 Å². The number of carbonyl (C=O) groups is 5. The van der Waals surface area contributed by atoms with Crippen molar-refractivity contribution in [3.63, 3.8) is 0 Å². The number of aliphatic carboxylic acids is 1. The van der Waals surface area contributed by atoms with E-state index in [1.54, 1.807) is 0 Å². The van der Waals surface area contributed by atoms with Crippen molar-refractivity contribution in [1.29, 1.82) is 0 Å². The molecule has 182 valence electrons. The Bertz CT molecular complexity index is 830. The number of amides is 4. The molecule has 3 atom stereocenters. The summed E-state index contributed by atoms with van der Waals surface area (Å²) in [5, 5.41) is 16.4. The highest BCUT2D eigenvalue weighted by atomic mass is 16.4. The summed E-state index contributed by atoms with van der Waals surface area (Å²) in [5.41, 5.74) is 11.9. The van der Waals surface area contributed by atoms with Gasteiger partial charge in [0.05, 0.1) is 12.6 Å². The molecule has 0 aliphatic carbocycles. The molecule has 0 radical (unpaired) electrons. The zero-order chi connectivity index (χ0) is 25.0. The van der Waals surface area contributed by atoms with Crippen molar-refractivity contribution in [2.24, 2.45) is 17.4 Å². The van der Waals surface area contributed by atoms with Crippen LogP contribution in [0, 0.1) is 5.92 Å². The van der Waals surface area contributed by atoms with Gasteiger partial charge in [-0.15, -0.1) is 0 Å². The molecule has 8 N–H and O–H groups in total. The summed E-state index contributed by atoms with van der Waals surface area (Å²) in [6.07, 6.45) is 0.211. The molecule has 0 aliphatic rings. The van der Waals surface area contributed by atoms with E-state index in [0.717, 1.165) is 5.56 Å². The average molecular weight is 464 g/mol. The van der Waals surface area contributed by atoms with Crippen molar-refractivity contribution in [3.8, 4) is 0 Å². The molecular formula is C22H33N5O6. The minimum Gasteiger partial charge on any atom is -0.480 e. The minimum atomic E-state index is -1.18. The van der Waals surface area contributed by atoms with E-state index in [1.807, 2.05) is 44.2 Å². The zero-order valence-electron chi connectivity index (χ0n) is 18.9. The van der Waals surface area contributed by atoms with Crippen molar-refractivity contribution in [2.45, 2.75) is 57.7 Å². The summed E-state index contributed by atoms with van der Waals surface area (Å²) >= 11 is 0. The molecule has 0 fully saturated rings. The van der Waals surface area contributed by atoms with E-state index in [4.69, 9.17) is 11.5 Å². The molecule has 0 aromatic heterocycles. The third kappa shape index (κ3) is 11.1. The Labute approximate surface area is 192 Å². The molecule has 3 unspecified atom stereocenters. The first-order valence-electron chi connectivity index (χ1n) is 10.7. The fraction of sp³-hybridized carbons (Fsp3) is 0.500. The van der Waals surface area contributed by atoms with Gasteiger partial charge in [-0.05, 0) is 30.7 Å². The van der Waals surface area contributed by atoms with E-state index in [9.17, 15) is 29.1 Å². The lowest BCUT2D eigenvalue weighted by Crippen LogP contribution is -2.54. The van der Waals surface area contributed by atoms with Crippen LogP contribution in [0.15, 0.2) is 30.3 Å². The lowest BCUT2D eigenvalue weighted by Gasteiger charge is -2.21. The van der Waals surface area contributed by atoms with Crippen LogP contribution >= 0.6 is 0 Å². The van der Waals surface area contributed by atoms with Crippen LogP contribution in [0.25, 0.3) is 0 Å². The highest BCUT2D eigenvalue weighted by molar-refractivity contribution is 5.93. The van der Waals surface area contributed by atoms with Crippen molar-refractivity contribution >= 4 is 29.6 Å². The highest BCUT2D eigenvalue weighted by Crippen LogP contribution is 2.05. The molecule has 0 aliphatic heterocycles. The van der Waals surface area contributed by atoms with Gasteiger partial charge in [0.2, 0.25) is 23.6 Å². The maximum absolute atomic E-state index is 12.6. The maximum Gasteiger partial charge on any atom is 0.326 e. The monoisotopic (exact) mass is 463 g/mol. The van der Waals surface area contributed by atoms with Crippen LogP contribution in [-0.2, 0) is 30.4 Å². The standard InChI is InChI=1S/C22H33N5O6/c1-13(2)10-17(22(32)33)26-19(29)12-25-21(31)16(8-9-18(24)28)27-20(30)15(23)11-14-6-4-3-5-7-14/h3-7,13,15-17H,8-12,23H2,1-2H3,(H2,24,28)(H,25,31)(H,26,29)(H,27,30)(H,32,33). The molecular weight excluding hydrogens is 430 g/mol. The number of hydrogen-bond donors (Lipinski definition) is 6. The van der Waals surface area contributed by atoms with Crippen LogP contribution < -0.4 is 27.4 Å². The second kappa shape index (κ2) is 13.8. The third-order valence-corrected chi connectivity index (χ3v) is 4.71. The fourth-order valence-corrected chi connectivity index (χ4v) is 3.02. The highest BCUT2D eigenvalue weighted by Gasteiger charge is 2.26. The zero-order valence-corrected chi connectivity index (χ0v) is 18.9. The van der Waals surface area contributed by atoms with E-state index in [0.29, 0.717) is 0 Å². The van der Waals surface area contributed by atoms with Gasteiger partial charge in [-0.3, -0.25) is 19.2 Å². The van der Waals surface area contributed by atoms with E-state index >= 15 is 0 Å². The Hall–Kier alpha value is -3.47. The molecule has 0 heterocycles. The second-order valence-corrected chi connectivity index (χ2v) is 8.17. The molecule has 0 saturated carbocycles. The fourth-order valence-electron chi connectivity index (χ4n) is 3.02. The molecule has 4 amide bonds.